The number of amides is 1. The summed E-state index contributed by atoms with van der Waals surface area (Å²) in [7, 11) is 0. The lowest BCUT2D eigenvalue weighted by atomic mass is 9.99. The molecule has 1 heterocycles. The smallest absolute Gasteiger partial charge is 0.223 e. The van der Waals surface area contributed by atoms with Gasteiger partial charge >= 0.3 is 0 Å². The van der Waals surface area contributed by atoms with Crippen molar-refractivity contribution in [2.45, 2.75) is 39.7 Å². The lowest BCUT2D eigenvalue weighted by molar-refractivity contribution is -0.132. The van der Waals surface area contributed by atoms with Crippen molar-refractivity contribution in [3.05, 3.63) is 59.2 Å². The van der Waals surface area contributed by atoms with Crippen LogP contribution in [0, 0.1) is 0 Å². The van der Waals surface area contributed by atoms with Crippen molar-refractivity contribution in [3.63, 3.8) is 0 Å². The van der Waals surface area contributed by atoms with Gasteiger partial charge in [0.1, 0.15) is 0 Å². The normalized spacial score (nSPS) is 13.2. The van der Waals surface area contributed by atoms with Crippen LogP contribution in [0.2, 0.25) is 0 Å². The molecule has 0 bridgehead atoms. The molecule has 0 spiro atoms. The van der Waals surface area contributed by atoms with Gasteiger partial charge in [-0.1, -0.05) is 30.3 Å². The summed E-state index contributed by atoms with van der Waals surface area (Å²) in [5, 5.41) is 0. The number of hydrogen-bond donors (Lipinski definition) is 0. The van der Waals surface area contributed by atoms with Gasteiger partial charge in [-0.3, -0.25) is 4.79 Å². The fourth-order valence-corrected chi connectivity index (χ4v) is 3.37. The molecular weight excluding hydrogens is 326 g/mol. The average molecular weight is 353 g/mol. The van der Waals surface area contributed by atoms with E-state index in [-0.39, 0.29) is 5.91 Å². The van der Waals surface area contributed by atoms with Crippen LogP contribution in [0.5, 0.6) is 11.5 Å². The second-order valence-corrected chi connectivity index (χ2v) is 6.48. The molecule has 1 aliphatic heterocycles. The van der Waals surface area contributed by atoms with E-state index in [9.17, 15) is 4.79 Å². The Balaban J connectivity index is 1.60. The Morgan fingerprint density at radius 2 is 1.73 bits per heavy atom. The number of aryl methyl sites for hydroxylation is 1. The van der Waals surface area contributed by atoms with Gasteiger partial charge in [0.25, 0.3) is 0 Å². The lowest BCUT2D eigenvalue weighted by Gasteiger charge is -2.29. The van der Waals surface area contributed by atoms with Crippen LogP contribution < -0.4 is 9.47 Å². The van der Waals surface area contributed by atoms with Crippen molar-refractivity contribution in [3.8, 4) is 11.5 Å². The Labute approximate surface area is 155 Å². The minimum Gasteiger partial charge on any atom is -0.490 e. The minimum absolute atomic E-state index is 0.214. The van der Waals surface area contributed by atoms with Crippen LogP contribution >= 0.6 is 0 Å². The maximum absolute atomic E-state index is 12.6. The Morgan fingerprint density at radius 3 is 2.50 bits per heavy atom. The fourth-order valence-electron chi connectivity index (χ4n) is 3.37. The molecule has 2 aromatic rings. The third kappa shape index (κ3) is 4.37. The highest BCUT2D eigenvalue weighted by molar-refractivity contribution is 5.76. The molecule has 138 valence electrons. The van der Waals surface area contributed by atoms with E-state index in [1.165, 1.54) is 11.1 Å². The summed E-state index contributed by atoms with van der Waals surface area (Å²) in [5.74, 6) is 1.73. The zero-order chi connectivity index (χ0) is 18.4. The molecule has 0 saturated heterocycles. The number of fused-ring (bicyclic) bond motifs is 1. The van der Waals surface area contributed by atoms with Gasteiger partial charge in [0, 0.05) is 19.5 Å². The fraction of sp³-hybridized carbons (Fsp3) is 0.409. The molecule has 4 nitrogen and oxygen atoms in total. The number of carbonyl (C=O) groups excluding carboxylic acids is 1. The van der Waals surface area contributed by atoms with Gasteiger partial charge in [0.15, 0.2) is 11.5 Å². The maximum Gasteiger partial charge on any atom is 0.223 e. The van der Waals surface area contributed by atoms with Crippen LogP contribution in [0.3, 0.4) is 0 Å². The molecule has 2 aromatic carbocycles. The van der Waals surface area contributed by atoms with Crippen LogP contribution in [0.25, 0.3) is 0 Å². The zero-order valence-electron chi connectivity index (χ0n) is 15.7. The lowest BCUT2D eigenvalue weighted by Crippen LogP contribution is -2.36. The second kappa shape index (κ2) is 8.75. The van der Waals surface area contributed by atoms with Gasteiger partial charge < -0.3 is 14.4 Å². The first-order valence-corrected chi connectivity index (χ1v) is 9.44. The summed E-state index contributed by atoms with van der Waals surface area (Å²) >= 11 is 0. The molecule has 0 N–H and O–H groups in total. The Bertz CT molecular complexity index is 757. The van der Waals surface area contributed by atoms with Gasteiger partial charge in [-0.05, 0) is 55.5 Å². The molecule has 4 heteroatoms. The molecule has 0 fully saturated rings. The van der Waals surface area contributed by atoms with Crippen molar-refractivity contribution < 1.29 is 14.3 Å². The highest BCUT2D eigenvalue weighted by Crippen LogP contribution is 2.29. The Kier molecular flexibility index (Phi) is 6.16. The Hall–Kier alpha value is -2.49. The summed E-state index contributed by atoms with van der Waals surface area (Å²) in [5.41, 5.74) is 3.74. The molecule has 0 unspecified atom stereocenters. The number of benzene rings is 2. The predicted molar refractivity (Wildman–Crippen MR) is 103 cm³/mol. The van der Waals surface area contributed by atoms with Gasteiger partial charge in [0.05, 0.1) is 13.2 Å². The quantitative estimate of drug-likeness (QED) is 0.755. The van der Waals surface area contributed by atoms with Gasteiger partial charge in [-0.2, -0.15) is 0 Å². The van der Waals surface area contributed by atoms with E-state index >= 15 is 0 Å². The molecular formula is C22H27NO3. The van der Waals surface area contributed by atoms with Crippen LogP contribution in [0.1, 0.15) is 37.0 Å². The highest BCUT2D eigenvalue weighted by atomic mass is 16.5. The molecule has 26 heavy (non-hydrogen) atoms. The van der Waals surface area contributed by atoms with E-state index in [1.54, 1.807) is 0 Å². The monoisotopic (exact) mass is 353 g/mol. The third-order valence-corrected chi connectivity index (χ3v) is 4.72. The molecule has 0 aromatic heterocycles. The minimum atomic E-state index is 0.214. The third-order valence-electron chi connectivity index (χ3n) is 4.72. The largest absolute Gasteiger partial charge is 0.490 e. The number of carbonyl (C=O) groups is 1. The molecule has 0 atom stereocenters. The average Bonchev–Trinajstić information content (AvgIpc) is 2.68. The van der Waals surface area contributed by atoms with Crippen LogP contribution in [-0.2, 0) is 24.2 Å². The predicted octanol–water partition coefficient (Wildman–Crippen LogP) is 4.00. The first-order valence-electron chi connectivity index (χ1n) is 9.44. The summed E-state index contributed by atoms with van der Waals surface area (Å²) in [4.78, 5) is 14.6. The molecule has 1 amide bonds. The van der Waals surface area contributed by atoms with Crippen molar-refractivity contribution >= 4 is 5.91 Å². The van der Waals surface area contributed by atoms with Gasteiger partial charge in [-0.15, -0.1) is 0 Å². The van der Waals surface area contributed by atoms with E-state index in [2.05, 4.69) is 18.2 Å². The summed E-state index contributed by atoms with van der Waals surface area (Å²) in [6.07, 6.45) is 2.17. The summed E-state index contributed by atoms with van der Waals surface area (Å²) < 4.78 is 11.3. The zero-order valence-corrected chi connectivity index (χ0v) is 15.7. The topological polar surface area (TPSA) is 38.8 Å². The highest BCUT2D eigenvalue weighted by Gasteiger charge is 2.20. The van der Waals surface area contributed by atoms with Crippen molar-refractivity contribution in [1.82, 2.24) is 4.90 Å². The summed E-state index contributed by atoms with van der Waals surface area (Å²) in [6, 6.07) is 14.3. The van der Waals surface area contributed by atoms with E-state index in [4.69, 9.17) is 9.47 Å². The van der Waals surface area contributed by atoms with Crippen molar-refractivity contribution in [1.29, 1.82) is 0 Å². The maximum atomic E-state index is 12.6. The summed E-state index contributed by atoms with van der Waals surface area (Å²) in [6.45, 7) is 6.65. The van der Waals surface area contributed by atoms with Crippen molar-refractivity contribution in [2.75, 3.05) is 19.8 Å². The van der Waals surface area contributed by atoms with Crippen LogP contribution in [-0.4, -0.2) is 30.6 Å². The van der Waals surface area contributed by atoms with E-state index < -0.39 is 0 Å². The van der Waals surface area contributed by atoms with E-state index in [1.807, 2.05) is 43.0 Å². The number of nitrogens with zero attached hydrogens (tertiary/aromatic N) is 1. The van der Waals surface area contributed by atoms with Gasteiger partial charge in [0.2, 0.25) is 5.91 Å². The molecule has 0 aliphatic carbocycles. The standard InChI is InChI=1S/C22H27NO3/c1-3-25-20-11-9-17(15-21(20)26-4-2)10-12-22(24)23-14-13-18-7-5-6-8-19(18)16-23/h5-9,11,15H,3-4,10,12-14,16H2,1-2H3. The number of hydrogen-bond acceptors (Lipinski definition) is 3. The second-order valence-electron chi connectivity index (χ2n) is 6.48. The first-order chi connectivity index (χ1) is 12.7. The number of rotatable bonds is 7. The molecule has 0 radical (unpaired) electrons. The molecule has 0 saturated carbocycles. The first kappa shape index (κ1) is 18.3. The van der Waals surface area contributed by atoms with E-state index in [0.717, 1.165) is 36.6 Å². The van der Waals surface area contributed by atoms with Crippen LogP contribution in [0.4, 0.5) is 0 Å². The molecule has 1 aliphatic rings. The van der Waals surface area contributed by atoms with Crippen molar-refractivity contribution in [2.24, 2.45) is 0 Å². The van der Waals surface area contributed by atoms with Gasteiger partial charge in [-0.25, -0.2) is 0 Å². The SMILES string of the molecule is CCOc1ccc(CCC(=O)N2CCc3ccccc3C2)cc1OCC. The van der Waals surface area contributed by atoms with E-state index in [0.29, 0.717) is 26.1 Å². The van der Waals surface area contributed by atoms with Crippen LogP contribution in [0.15, 0.2) is 42.5 Å². The molecule has 3 rings (SSSR count). The number of ether oxygens (including phenoxy) is 2. The Morgan fingerprint density at radius 1 is 1.00 bits per heavy atom.